The Morgan fingerprint density at radius 3 is 2.14 bits per heavy atom. The average Bonchev–Trinajstić information content (AvgIpc) is 2.76. The summed E-state index contributed by atoms with van der Waals surface area (Å²) < 4.78 is 0. The van der Waals surface area contributed by atoms with Crippen LogP contribution in [0.15, 0.2) is 12.2 Å². The lowest BCUT2D eigenvalue weighted by Crippen LogP contribution is -2.21. The number of hydrogen-bond donors (Lipinski definition) is 2. The van der Waals surface area contributed by atoms with Gasteiger partial charge in [0.15, 0.2) is 0 Å². The molecule has 0 heterocycles. The second-order valence-corrected chi connectivity index (χ2v) is 4.65. The first kappa shape index (κ1) is 10.2. The number of rotatable bonds is 5. The Bertz CT molecular complexity index is 212. The van der Waals surface area contributed by atoms with Crippen LogP contribution in [-0.2, 0) is 0 Å². The van der Waals surface area contributed by atoms with Crippen molar-refractivity contribution >= 4 is 0 Å². The largest absolute Gasteiger partial charge is 0.396 e. The van der Waals surface area contributed by atoms with E-state index in [1.807, 2.05) is 0 Å². The summed E-state index contributed by atoms with van der Waals surface area (Å²) in [5, 5.41) is 17.9. The zero-order valence-corrected chi connectivity index (χ0v) is 8.60. The molecule has 2 nitrogen and oxygen atoms in total. The van der Waals surface area contributed by atoms with Crippen molar-refractivity contribution in [2.75, 3.05) is 13.2 Å². The highest BCUT2D eigenvalue weighted by Crippen LogP contribution is 2.50. The van der Waals surface area contributed by atoms with E-state index in [1.54, 1.807) is 0 Å². The molecule has 1 saturated carbocycles. The Labute approximate surface area is 85.6 Å². The molecule has 2 bridgehead atoms. The molecule has 2 aliphatic carbocycles. The molecule has 0 spiro atoms. The van der Waals surface area contributed by atoms with Crippen LogP contribution < -0.4 is 0 Å². The summed E-state index contributed by atoms with van der Waals surface area (Å²) in [6.07, 6.45) is 8.97. The minimum Gasteiger partial charge on any atom is -0.396 e. The molecule has 80 valence electrons. The molecule has 2 aliphatic rings. The van der Waals surface area contributed by atoms with Crippen LogP contribution in [0.5, 0.6) is 0 Å². The Balaban J connectivity index is 1.95. The van der Waals surface area contributed by atoms with E-state index in [1.165, 1.54) is 6.42 Å². The van der Waals surface area contributed by atoms with Gasteiger partial charge in [0.2, 0.25) is 0 Å². The highest BCUT2D eigenvalue weighted by atomic mass is 16.3. The quantitative estimate of drug-likeness (QED) is 0.655. The van der Waals surface area contributed by atoms with Crippen molar-refractivity contribution in [3.8, 4) is 0 Å². The molecule has 2 rings (SSSR count). The van der Waals surface area contributed by atoms with E-state index in [9.17, 15) is 0 Å². The van der Waals surface area contributed by atoms with Crippen LogP contribution in [0.25, 0.3) is 0 Å². The molecule has 4 atom stereocenters. The first-order valence-electron chi connectivity index (χ1n) is 5.77. The molecule has 0 aliphatic heterocycles. The van der Waals surface area contributed by atoms with Gasteiger partial charge in [-0.2, -0.15) is 0 Å². The second-order valence-electron chi connectivity index (χ2n) is 4.65. The molecule has 1 fully saturated rings. The van der Waals surface area contributed by atoms with Gasteiger partial charge in [-0.3, -0.25) is 0 Å². The van der Waals surface area contributed by atoms with E-state index >= 15 is 0 Å². The van der Waals surface area contributed by atoms with Crippen molar-refractivity contribution in [2.45, 2.75) is 25.7 Å². The summed E-state index contributed by atoms with van der Waals surface area (Å²) >= 11 is 0. The SMILES string of the molecule is OCCCC1C2C=CC(C2)C1CCO. The highest BCUT2D eigenvalue weighted by Gasteiger charge is 2.43. The lowest BCUT2D eigenvalue weighted by Gasteiger charge is -2.27. The van der Waals surface area contributed by atoms with Gasteiger partial charge >= 0.3 is 0 Å². The molecule has 14 heavy (non-hydrogen) atoms. The van der Waals surface area contributed by atoms with Crippen molar-refractivity contribution in [2.24, 2.45) is 23.7 Å². The van der Waals surface area contributed by atoms with Crippen molar-refractivity contribution in [3.05, 3.63) is 12.2 Å². The van der Waals surface area contributed by atoms with E-state index in [4.69, 9.17) is 10.2 Å². The Hall–Kier alpha value is -0.340. The number of aliphatic hydroxyl groups excluding tert-OH is 2. The van der Waals surface area contributed by atoms with E-state index in [2.05, 4.69) is 12.2 Å². The standard InChI is InChI=1S/C12H20O2/c13-6-1-2-11-9-3-4-10(8-9)12(11)5-7-14/h3-4,9-14H,1-2,5-8H2. The van der Waals surface area contributed by atoms with Crippen LogP contribution in [0.4, 0.5) is 0 Å². The Morgan fingerprint density at radius 2 is 1.57 bits per heavy atom. The normalized spacial score (nSPS) is 39.6. The Kier molecular flexibility index (Phi) is 3.24. The average molecular weight is 196 g/mol. The van der Waals surface area contributed by atoms with Crippen LogP contribution in [0.2, 0.25) is 0 Å². The maximum Gasteiger partial charge on any atom is 0.0433 e. The molecule has 2 heteroatoms. The zero-order valence-electron chi connectivity index (χ0n) is 8.60. The summed E-state index contributed by atoms with van der Waals surface area (Å²) in [6, 6.07) is 0. The van der Waals surface area contributed by atoms with Gasteiger partial charge in [0.05, 0.1) is 0 Å². The third kappa shape index (κ3) is 1.73. The van der Waals surface area contributed by atoms with E-state index in [0.717, 1.165) is 37.0 Å². The lowest BCUT2D eigenvalue weighted by atomic mass is 9.79. The molecule has 0 aromatic rings. The number of hydrogen-bond acceptors (Lipinski definition) is 2. The van der Waals surface area contributed by atoms with E-state index in [-0.39, 0.29) is 0 Å². The molecule has 4 unspecified atom stereocenters. The van der Waals surface area contributed by atoms with Gasteiger partial charge in [-0.1, -0.05) is 12.2 Å². The maximum atomic E-state index is 9.02. The van der Waals surface area contributed by atoms with Crippen molar-refractivity contribution in [1.82, 2.24) is 0 Å². The zero-order chi connectivity index (χ0) is 9.97. The summed E-state index contributed by atoms with van der Waals surface area (Å²) in [5.41, 5.74) is 0. The third-order valence-electron chi connectivity index (χ3n) is 3.96. The molecular formula is C12H20O2. The van der Waals surface area contributed by atoms with Crippen LogP contribution in [0.3, 0.4) is 0 Å². The second kappa shape index (κ2) is 4.45. The summed E-state index contributed by atoms with van der Waals surface area (Å²) in [5.74, 6) is 2.87. The summed E-state index contributed by atoms with van der Waals surface area (Å²) in [7, 11) is 0. The first-order chi connectivity index (χ1) is 6.86. The van der Waals surface area contributed by atoms with Crippen LogP contribution in [0, 0.1) is 23.7 Å². The molecule has 0 aromatic heterocycles. The fourth-order valence-corrected chi connectivity index (χ4v) is 3.36. The first-order valence-corrected chi connectivity index (χ1v) is 5.77. The fraction of sp³-hybridized carbons (Fsp3) is 0.833. The van der Waals surface area contributed by atoms with Gasteiger partial charge in [0.25, 0.3) is 0 Å². The highest BCUT2D eigenvalue weighted by molar-refractivity contribution is 5.13. The molecule has 0 aromatic carbocycles. The van der Waals surface area contributed by atoms with E-state index < -0.39 is 0 Å². The van der Waals surface area contributed by atoms with Gasteiger partial charge in [-0.05, 0) is 49.4 Å². The van der Waals surface area contributed by atoms with Crippen molar-refractivity contribution in [1.29, 1.82) is 0 Å². The summed E-state index contributed by atoms with van der Waals surface area (Å²) in [4.78, 5) is 0. The van der Waals surface area contributed by atoms with Crippen LogP contribution in [-0.4, -0.2) is 23.4 Å². The van der Waals surface area contributed by atoms with Gasteiger partial charge in [0.1, 0.15) is 0 Å². The number of aliphatic hydroxyl groups is 2. The van der Waals surface area contributed by atoms with E-state index in [0.29, 0.717) is 19.1 Å². The smallest absolute Gasteiger partial charge is 0.0433 e. The molecule has 0 radical (unpaired) electrons. The topological polar surface area (TPSA) is 40.5 Å². The number of fused-ring (bicyclic) bond motifs is 2. The monoisotopic (exact) mass is 196 g/mol. The minimum atomic E-state index is 0.309. The molecular weight excluding hydrogens is 176 g/mol. The summed E-state index contributed by atoms with van der Waals surface area (Å²) in [6.45, 7) is 0.626. The lowest BCUT2D eigenvalue weighted by molar-refractivity contribution is 0.189. The minimum absolute atomic E-state index is 0.309. The van der Waals surface area contributed by atoms with Gasteiger partial charge in [-0.15, -0.1) is 0 Å². The molecule has 2 N–H and O–H groups in total. The van der Waals surface area contributed by atoms with Crippen LogP contribution in [0.1, 0.15) is 25.7 Å². The van der Waals surface area contributed by atoms with Gasteiger partial charge in [-0.25, -0.2) is 0 Å². The number of allylic oxidation sites excluding steroid dienone is 2. The van der Waals surface area contributed by atoms with Gasteiger partial charge < -0.3 is 10.2 Å². The molecule has 0 saturated heterocycles. The van der Waals surface area contributed by atoms with Gasteiger partial charge in [0, 0.05) is 13.2 Å². The van der Waals surface area contributed by atoms with Crippen molar-refractivity contribution in [3.63, 3.8) is 0 Å². The predicted octanol–water partition coefficient (Wildman–Crippen LogP) is 1.58. The van der Waals surface area contributed by atoms with Crippen molar-refractivity contribution < 1.29 is 10.2 Å². The van der Waals surface area contributed by atoms with Crippen LogP contribution >= 0.6 is 0 Å². The Morgan fingerprint density at radius 1 is 0.929 bits per heavy atom. The maximum absolute atomic E-state index is 9.02. The third-order valence-corrected chi connectivity index (χ3v) is 3.96. The predicted molar refractivity (Wildman–Crippen MR) is 55.7 cm³/mol. The fourth-order valence-electron chi connectivity index (χ4n) is 3.36. The molecule has 0 amide bonds.